The van der Waals surface area contributed by atoms with E-state index in [9.17, 15) is 0 Å². The van der Waals surface area contributed by atoms with Gasteiger partial charge in [0.25, 0.3) is 0 Å². The van der Waals surface area contributed by atoms with Gasteiger partial charge >= 0.3 is 0 Å². The molecular weight excluding hydrogens is 218 g/mol. The van der Waals surface area contributed by atoms with E-state index >= 15 is 0 Å². The fourth-order valence-electron chi connectivity index (χ4n) is 2.50. The van der Waals surface area contributed by atoms with Gasteiger partial charge in [-0.1, -0.05) is 45.9 Å². The molecule has 0 aliphatic heterocycles. The van der Waals surface area contributed by atoms with Crippen molar-refractivity contribution in [2.24, 2.45) is 17.1 Å². The Morgan fingerprint density at radius 1 is 1.11 bits per heavy atom. The molecule has 1 atom stereocenters. The van der Waals surface area contributed by atoms with Gasteiger partial charge in [-0.15, -0.1) is 0 Å². The zero-order valence-electron chi connectivity index (χ0n) is 12.9. The molecule has 18 heavy (non-hydrogen) atoms. The molecule has 102 valence electrons. The molecule has 0 amide bonds. The normalized spacial score (nSPS) is 14.0. The summed E-state index contributed by atoms with van der Waals surface area (Å²) in [7, 11) is 0. The van der Waals surface area contributed by atoms with Crippen molar-refractivity contribution in [1.29, 1.82) is 0 Å². The number of rotatable bonds is 5. The van der Waals surface area contributed by atoms with E-state index in [-0.39, 0.29) is 5.41 Å². The van der Waals surface area contributed by atoms with Gasteiger partial charge in [-0.2, -0.15) is 0 Å². The average molecular weight is 247 g/mol. The Morgan fingerprint density at radius 3 is 2.17 bits per heavy atom. The predicted molar refractivity (Wildman–Crippen MR) is 80.9 cm³/mol. The molecule has 1 aromatic rings. The van der Waals surface area contributed by atoms with Gasteiger partial charge in [-0.05, 0) is 60.8 Å². The lowest BCUT2D eigenvalue weighted by molar-refractivity contribution is 0.260. The number of nitrogens with two attached hydrogens (primary N) is 1. The van der Waals surface area contributed by atoms with Crippen molar-refractivity contribution in [3.63, 3.8) is 0 Å². The first-order chi connectivity index (χ1) is 8.27. The van der Waals surface area contributed by atoms with Gasteiger partial charge in [0, 0.05) is 0 Å². The van der Waals surface area contributed by atoms with E-state index in [0.29, 0.717) is 11.8 Å². The van der Waals surface area contributed by atoms with Crippen LogP contribution in [0.15, 0.2) is 18.2 Å². The standard InChI is InChI=1S/C17H29N/c1-12(2)9-16(17(5,6)11-18)15-8-7-13(3)14(4)10-15/h7-8,10,12,16H,9,11,18H2,1-6H3. The fraction of sp³-hybridized carbons (Fsp3) is 0.647. The van der Waals surface area contributed by atoms with Crippen LogP contribution in [0.4, 0.5) is 0 Å². The van der Waals surface area contributed by atoms with Crippen molar-refractivity contribution in [3.8, 4) is 0 Å². The minimum absolute atomic E-state index is 0.159. The lowest BCUT2D eigenvalue weighted by atomic mass is 9.71. The maximum Gasteiger partial charge on any atom is -0.00200 e. The maximum atomic E-state index is 5.99. The smallest absolute Gasteiger partial charge is 0.00200 e. The Balaban J connectivity index is 3.13. The van der Waals surface area contributed by atoms with E-state index in [0.717, 1.165) is 6.54 Å². The van der Waals surface area contributed by atoms with E-state index in [2.05, 4.69) is 59.7 Å². The minimum atomic E-state index is 0.159. The van der Waals surface area contributed by atoms with Crippen LogP contribution in [0, 0.1) is 25.2 Å². The van der Waals surface area contributed by atoms with Gasteiger partial charge in [0.05, 0.1) is 0 Å². The van der Waals surface area contributed by atoms with Crippen LogP contribution in [0.1, 0.15) is 56.7 Å². The summed E-state index contributed by atoms with van der Waals surface area (Å²) in [6, 6.07) is 6.87. The second kappa shape index (κ2) is 5.88. The summed E-state index contributed by atoms with van der Waals surface area (Å²) in [6.45, 7) is 14.3. The van der Waals surface area contributed by atoms with Gasteiger partial charge in [0.1, 0.15) is 0 Å². The summed E-state index contributed by atoms with van der Waals surface area (Å²) in [5.41, 5.74) is 10.3. The summed E-state index contributed by atoms with van der Waals surface area (Å²) in [4.78, 5) is 0. The second-order valence-electron chi connectivity index (χ2n) is 6.72. The van der Waals surface area contributed by atoms with Crippen LogP contribution in [-0.4, -0.2) is 6.54 Å². The Bertz CT molecular complexity index is 391. The Labute approximate surface area is 113 Å². The number of aryl methyl sites for hydroxylation is 2. The molecule has 0 heterocycles. The van der Waals surface area contributed by atoms with Gasteiger partial charge in [-0.3, -0.25) is 0 Å². The number of hydrogen-bond donors (Lipinski definition) is 1. The minimum Gasteiger partial charge on any atom is -0.330 e. The lowest BCUT2D eigenvalue weighted by Crippen LogP contribution is -2.31. The lowest BCUT2D eigenvalue weighted by Gasteiger charge is -2.35. The number of benzene rings is 1. The molecule has 1 nitrogen and oxygen atoms in total. The second-order valence-corrected chi connectivity index (χ2v) is 6.72. The Kier molecular flexibility index (Phi) is 4.98. The van der Waals surface area contributed by atoms with Crippen LogP contribution in [0.5, 0.6) is 0 Å². The highest BCUT2D eigenvalue weighted by atomic mass is 14.6. The molecule has 0 saturated carbocycles. The van der Waals surface area contributed by atoms with Crippen molar-refractivity contribution in [1.82, 2.24) is 0 Å². The number of hydrogen-bond acceptors (Lipinski definition) is 1. The van der Waals surface area contributed by atoms with Crippen molar-refractivity contribution in [3.05, 3.63) is 34.9 Å². The molecule has 2 N–H and O–H groups in total. The molecule has 1 unspecified atom stereocenters. The van der Waals surface area contributed by atoms with Gasteiger partial charge < -0.3 is 5.73 Å². The molecule has 0 aliphatic carbocycles. The van der Waals surface area contributed by atoms with E-state index in [1.807, 2.05) is 0 Å². The van der Waals surface area contributed by atoms with E-state index < -0.39 is 0 Å². The fourth-order valence-corrected chi connectivity index (χ4v) is 2.50. The van der Waals surface area contributed by atoms with Crippen molar-refractivity contribution < 1.29 is 0 Å². The molecule has 0 aromatic heterocycles. The van der Waals surface area contributed by atoms with Gasteiger partial charge in [0.2, 0.25) is 0 Å². The third-order valence-corrected chi connectivity index (χ3v) is 4.11. The molecule has 0 fully saturated rings. The maximum absolute atomic E-state index is 5.99. The van der Waals surface area contributed by atoms with Gasteiger partial charge in [0.15, 0.2) is 0 Å². The molecule has 1 rings (SSSR count). The first-order valence-corrected chi connectivity index (χ1v) is 7.05. The van der Waals surface area contributed by atoms with Crippen LogP contribution in [-0.2, 0) is 0 Å². The zero-order valence-corrected chi connectivity index (χ0v) is 12.9. The molecule has 0 radical (unpaired) electrons. The van der Waals surface area contributed by atoms with Crippen molar-refractivity contribution in [2.75, 3.05) is 6.54 Å². The highest BCUT2D eigenvalue weighted by molar-refractivity contribution is 5.33. The monoisotopic (exact) mass is 247 g/mol. The highest BCUT2D eigenvalue weighted by Crippen LogP contribution is 2.39. The third-order valence-electron chi connectivity index (χ3n) is 4.11. The summed E-state index contributed by atoms with van der Waals surface area (Å²) in [6.07, 6.45) is 1.20. The average Bonchev–Trinajstić information content (AvgIpc) is 2.29. The first kappa shape index (κ1) is 15.2. The van der Waals surface area contributed by atoms with Gasteiger partial charge in [-0.25, -0.2) is 0 Å². The first-order valence-electron chi connectivity index (χ1n) is 7.05. The molecule has 0 bridgehead atoms. The zero-order chi connectivity index (χ0) is 13.9. The summed E-state index contributed by atoms with van der Waals surface area (Å²) >= 11 is 0. The Morgan fingerprint density at radius 2 is 1.72 bits per heavy atom. The van der Waals surface area contributed by atoms with Crippen LogP contribution in [0.3, 0.4) is 0 Å². The Hall–Kier alpha value is -0.820. The van der Waals surface area contributed by atoms with E-state index in [4.69, 9.17) is 5.73 Å². The van der Waals surface area contributed by atoms with Crippen molar-refractivity contribution >= 4 is 0 Å². The summed E-state index contributed by atoms with van der Waals surface area (Å²) in [5, 5.41) is 0. The van der Waals surface area contributed by atoms with E-state index in [1.165, 1.54) is 23.1 Å². The molecule has 1 heteroatoms. The molecule has 0 aliphatic rings. The molecular formula is C17H29N. The largest absolute Gasteiger partial charge is 0.330 e. The van der Waals surface area contributed by atoms with Crippen LogP contribution >= 0.6 is 0 Å². The topological polar surface area (TPSA) is 26.0 Å². The van der Waals surface area contributed by atoms with Crippen LogP contribution in [0.2, 0.25) is 0 Å². The van der Waals surface area contributed by atoms with Crippen LogP contribution < -0.4 is 5.73 Å². The molecule has 1 aromatic carbocycles. The molecule has 0 saturated heterocycles. The van der Waals surface area contributed by atoms with E-state index in [1.54, 1.807) is 0 Å². The molecule has 0 spiro atoms. The SMILES string of the molecule is Cc1ccc(C(CC(C)C)C(C)(C)CN)cc1C. The third kappa shape index (κ3) is 3.58. The summed E-state index contributed by atoms with van der Waals surface area (Å²) < 4.78 is 0. The predicted octanol–water partition coefficient (Wildman–Crippen LogP) is 4.42. The highest BCUT2D eigenvalue weighted by Gasteiger charge is 2.30. The summed E-state index contributed by atoms with van der Waals surface area (Å²) in [5.74, 6) is 1.24. The van der Waals surface area contributed by atoms with Crippen LogP contribution in [0.25, 0.3) is 0 Å². The quantitative estimate of drug-likeness (QED) is 0.819. The van der Waals surface area contributed by atoms with Crippen molar-refractivity contribution in [2.45, 2.75) is 53.9 Å².